The molecule has 1 aliphatic heterocycles. The number of halogens is 1. The highest BCUT2D eigenvalue weighted by Crippen LogP contribution is 2.25. The van der Waals surface area contributed by atoms with Gasteiger partial charge in [-0.1, -0.05) is 18.6 Å². The van der Waals surface area contributed by atoms with E-state index in [-0.39, 0.29) is 5.91 Å². The molecule has 1 heterocycles. The van der Waals surface area contributed by atoms with E-state index in [9.17, 15) is 4.79 Å². The Labute approximate surface area is 123 Å². The van der Waals surface area contributed by atoms with Crippen LogP contribution in [0.4, 0.5) is 0 Å². The molecule has 1 amide bonds. The molecule has 104 valence electrons. The number of hydrogen-bond acceptors (Lipinski definition) is 2. The van der Waals surface area contributed by atoms with Crippen LogP contribution in [0.2, 0.25) is 0 Å². The Kier molecular flexibility index (Phi) is 4.31. The van der Waals surface area contributed by atoms with Crippen molar-refractivity contribution in [3.05, 3.63) is 33.8 Å². The number of amides is 1. The van der Waals surface area contributed by atoms with Crippen LogP contribution in [0, 0.1) is 12.8 Å². The Morgan fingerprint density at radius 2 is 2.05 bits per heavy atom. The number of likely N-dealkylation sites (N-methyl/N-ethyl adjacent to an activating group) is 1. The van der Waals surface area contributed by atoms with Gasteiger partial charge in [-0.2, -0.15) is 0 Å². The lowest BCUT2D eigenvalue weighted by Gasteiger charge is -2.22. The lowest BCUT2D eigenvalue weighted by atomic mass is 10.1. The summed E-state index contributed by atoms with van der Waals surface area (Å²) in [7, 11) is 4.16. The molecular weight excluding hydrogens is 304 g/mol. The van der Waals surface area contributed by atoms with Crippen LogP contribution < -0.4 is 0 Å². The van der Waals surface area contributed by atoms with Crippen molar-refractivity contribution in [1.29, 1.82) is 0 Å². The molecule has 1 saturated heterocycles. The number of nitrogens with zero attached hydrogens (tertiary/aromatic N) is 2. The number of rotatable bonds is 2. The highest BCUT2D eigenvalue weighted by atomic mass is 79.9. The van der Waals surface area contributed by atoms with Crippen LogP contribution in [0.25, 0.3) is 0 Å². The van der Waals surface area contributed by atoms with Gasteiger partial charge in [0.25, 0.3) is 5.91 Å². The van der Waals surface area contributed by atoms with E-state index in [1.807, 2.05) is 30.0 Å². The summed E-state index contributed by atoms with van der Waals surface area (Å²) in [5.74, 6) is 0.648. The first-order valence-corrected chi connectivity index (χ1v) is 7.41. The Hall–Kier alpha value is -0.870. The topological polar surface area (TPSA) is 23.6 Å². The van der Waals surface area contributed by atoms with Crippen molar-refractivity contribution in [3.63, 3.8) is 0 Å². The summed E-state index contributed by atoms with van der Waals surface area (Å²) < 4.78 is 0.879. The minimum Gasteiger partial charge on any atom is -0.337 e. The number of benzene rings is 1. The van der Waals surface area contributed by atoms with Gasteiger partial charge in [0.1, 0.15) is 0 Å². The minimum atomic E-state index is 0.131. The Morgan fingerprint density at radius 3 is 2.63 bits per heavy atom. The molecule has 0 saturated carbocycles. The van der Waals surface area contributed by atoms with E-state index in [0.717, 1.165) is 28.7 Å². The largest absolute Gasteiger partial charge is 0.337 e. The van der Waals surface area contributed by atoms with Gasteiger partial charge in [-0.3, -0.25) is 4.79 Å². The molecule has 4 heteroatoms. The third kappa shape index (κ3) is 3.00. The van der Waals surface area contributed by atoms with Crippen molar-refractivity contribution in [1.82, 2.24) is 9.80 Å². The Bertz CT molecular complexity index is 487. The first-order chi connectivity index (χ1) is 8.90. The second-order valence-electron chi connectivity index (χ2n) is 5.70. The minimum absolute atomic E-state index is 0.131. The Morgan fingerprint density at radius 1 is 1.37 bits per heavy atom. The van der Waals surface area contributed by atoms with Gasteiger partial charge in [0, 0.05) is 23.6 Å². The van der Waals surface area contributed by atoms with Crippen molar-refractivity contribution in [2.75, 3.05) is 27.2 Å². The van der Waals surface area contributed by atoms with E-state index in [2.05, 4.69) is 41.8 Å². The zero-order valence-corrected chi connectivity index (χ0v) is 13.6. The molecule has 0 radical (unpaired) electrons. The van der Waals surface area contributed by atoms with E-state index in [4.69, 9.17) is 0 Å². The quantitative estimate of drug-likeness (QED) is 0.835. The normalized spacial score (nSPS) is 23.2. The molecular formula is C15H21BrN2O. The van der Waals surface area contributed by atoms with E-state index in [1.165, 1.54) is 0 Å². The second kappa shape index (κ2) is 5.63. The van der Waals surface area contributed by atoms with Gasteiger partial charge in [-0.15, -0.1) is 0 Å². The number of aryl methyl sites for hydroxylation is 1. The van der Waals surface area contributed by atoms with Crippen LogP contribution >= 0.6 is 15.9 Å². The van der Waals surface area contributed by atoms with Crippen molar-refractivity contribution in [2.45, 2.75) is 19.9 Å². The monoisotopic (exact) mass is 324 g/mol. The van der Waals surface area contributed by atoms with Gasteiger partial charge < -0.3 is 9.80 Å². The number of likely N-dealkylation sites (tertiary alicyclic amines) is 1. The van der Waals surface area contributed by atoms with Gasteiger partial charge >= 0.3 is 0 Å². The molecule has 1 fully saturated rings. The third-order valence-electron chi connectivity index (χ3n) is 3.88. The molecule has 2 rings (SSSR count). The SMILES string of the molecule is Cc1ccc(Br)c(C(=O)N2CC(C)C(N(C)C)C2)c1. The predicted molar refractivity (Wildman–Crippen MR) is 81.4 cm³/mol. The van der Waals surface area contributed by atoms with Gasteiger partial charge in [0.2, 0.25) is 0 Å². The summed E-state index contributed by atoms with van der Waals surface area (Å²) in [4.78, 5) is 16.8. The van der Waals surface area contributed by atoms with Crippen molar-refractivity contribution < 1.29 is 4.79 Å². The smallest absolute Gasteiger partial charge is 0.255 e. The van der Waals surface area contributed by atoms with Crippen LogP contribution in [0.15, 0.2) is 22.7 Å². The predicted octanol–water partition coefficient (Wildman–Crippen LogP) is 2.78. The maximum atomic E-state index is 12.6. The van der Waals surface area contributed by atoms with Crippen molar-refractivity contribution >= 4 is 21.8 Å². The fraction of sp³-hybridized carbons (Fsp3) is 0.533. The molecule has 0 N–H and O–H groups in total. The highest BCUT2D eigenvalue weighted by molar-refractivity contribution is 9.10. The number of carbonyl (C=O) groups excluding carboxylic acids is 1. The van der Waals surface area contributed by atoms with Crippen LogP contribution in [0.5, 0.6) is 0 Å². The van der Waals surface area contributed by atoms with Gasteiger partial charge in [-0.05, 0) is 55.0 Å². The number of carbonyl (C=O) groups is 1. The standard InChI is InChI=1S/C15H21BrN2O/c1-10-5-6-13(16)12(7-10)15(19)18-8-11(2)14(9-18)17(3)4/h5-7,11,14H,8-9H2,1-4H3. The zero-order chi connectivity index (χ0) is 14.2. The summed E-state index contributed by atoms with van der Waals surface area (Å²) in [6.07, 6.45) is 0. The zero-order valence-electron chi connectivity index (χ0n) is 12.0. The molecule has 0 bridgehead atoms. The molecule has 0 spiro atoms. The number of hydrogen-bond donors (Lipinski definition) is 0. The van der Waals surface area contributed by atoms with Crippen LogP contribution in [0.3, 0.4) is 0 Å². The van der Waals surface area contributed by atoms with E-state index < -0.39 is 0 Å². The maximum Gasteiger partial charge on any atom is 0.255 e. The summed E-state index contributed by atoms with van der Waals surface area (Å²) in [6.45, 7) is 5.87. The molecule has 19 heavy (non-hydrogen) atoms. The van der Waals surface area contributed by atoms with Gasteiger partial charge in [0.05, 0.1) is 5.56 Å². The molecule has 2 unspecified atom stereocenters. The lowest BCUT2D eigenvalue weighted by molar-refractivity contribution is 0.0780. The Balaban J connectivity index is 2.19. The van der Waals surface area contributed by atoms with Gasteiger partial charge in [0.15, 0.2) is 0 Å². The third-order valence-corrected chi connectivity index (χ3v) is 4.57. The van der Waals surface area contributed by atoms with E-state index >= 15 is 0 Å². The summed E-state index contributed by atoms with van der Waals surface area (Å²) in [6, 6.07) is 6.37. The highest BCUT2D eigenvalue weighted by Gasteiger charge is 2.34. The van der Waals surface area contributed by atoms with Crippen molar-refractivity contribution in [2.24, 2.45) is 5.92 Å². The summed E-state index contributed by atoms with van der Waals surface area (Å²) >= 11 is 3.48. The first kappa shape index (κ1) is 14.5. The lowest BCUT2D eigenvalue weighted by Crippen LogP contribution is -2.35. The van der Waals surface area contributed by atoms with Crippen LogP contribution in [0.1, 0.15) is 22.8 Å². The average molecular weight is 325 g/mol. The maximum absolute atomic E-state index is 12.6. The summed E-state index contributed by atoms with van der Waals surface area (Å²) in [5, 5.41) is 0. The molecule has 2 atom stereocenters. The first-order valence-electron chi connectivity index (χ1n) is 6.62. The average Bonchev–Trinajstić information content (AvgIpc) is 2.74. The summed E-state index contributed by atoms with van der Waals surface area (Å²) in [5.41, 5.74) is 1.88. The fourth-order valence-electron chi connectivity index (χ4n) is 2.76. The van der Waals surface area contributed by atoms with Crippen LogP contribution in [-0.2, 0) is 0 Å². The molecule has 1 aromatic carbocycles. The second-order valence-corrected chi connectivity index (χ2v) is 6.56. The fourth-order valence-corrected chi connectivity index (χ4v) is 3.18. The molecule has 3 nitrogen and oxygen atoms in total. The molecule has 0 aromatic heterocycles. The molecule has 0 aliphatic carbocycles. The van der Waals surface area contributed by atoms with Crippen molar-refractivity contribution in [3.8, 4) is 0 Å². The van der Waals surface area contributed by atoms with Crippen LogP contribution in [-0.4, -0.2) is 48.9 Å². The van der Waals surface area contributed by atoms with E-state index in [0.29, 0.717) is 12.0 Å². The van der Waals surface area contributed by atoms with Gasteiger partial charge in [-0.25, -0.2) is 0 Å². The molecule has 1 aromatic rings. The van der Waals surface area contributed by atoms with E-state index in [1.54, 1.807) is 0 Å². The molecule has 1 aliphatic rings.